The molecule has 0 unspecified atom stereocenters. The molecule has 0 aromatic heterocycles. The Labute approximate surface area is 84.7 Å². The molecule has 13 heavy (non-hydrogen) atoms. The molecule has 0 aromatic rings. The van der Waals surface area contributed by atoms with E-state index in [9.17, 15) is 4.79 Å². The van der Waals surface area contributed by atoms with Gasteiger partial charge < -0.3 is 10.0 Å². The maximum absolute atomic E-state index is 11.2. The topological polar surface area (TPSA) is 40.5 Å². The number of hydrogen-bond donors (Lipinski definition) is 1. The van der Waals surface area contributed by atoms with Crippen LogP contribution >= 0.6 is 11.6 Å². The minimum atomic E-state index is 0.0963. The van der Waals surface area contributed by atoms with E-state index >= 15 is 0 Å². The van der Waals surface area contributed by atoms with Crippen LogP contribution in [0.3, 0.4) is 0 Å². The van der Waals surface area contributed by atoms with Gasteiger partial charge in [0, 0.05) is 32.5 Å². The molecule has 0 saturated heterocycles. The number of halogens is 1. The predicted molar refractivity (Wildman–Crippen MR) is 53.9 cm³/mol. The molecule has 1 amide bonds. The summed E-state index contributed by atoms with van der Waals surface area (Å²) in [6.07, 6.45) is 3.15. The molecular weight excluding hydrogens is 190 g/mol. The van der Waals surface area contributed by atoms with Gasteiger partial charge in [0.2, 0.25) is 5.91 Å². The van der Waals surface area contributed by atoms with Crippen LogP contribution in [-0.2, 0) is 4.79 Å². The van der Waals surface area contributed by atoms with Gasteiger partial charge >= 0.3 is 0 Å². The van der Waals surface area contributed by atoms with Crippen molar-refractivity contribution in [3.05, 3.63) is 0 Å². The second-order valence-corrected chi connectivity index (χ2v) is 3.42. The van der Waals surface area contributed by atoms with E-state index in [1.807, 2.05) is 0 Å². The molecule has 0 rings (SSSR count). The van der Waals surface area contributed by atoms with E-state index in [-0.39, 0.29) is 12.5 Å². The van der Waals surface area contributed by atoms with Gasteiger partial charge in [-0.05, 0) is 19.3 Å². The lowest BCUT2D eigenvalue weighted by molar-refractivity contribution is -0.129. The summed E-state index contributed by atoms with van der Waals surface area (Å²) in [6, 6.07) is 0. The molecule has 0 saturated carbocycles. The lowest BCUT2D eigenvalue weighted by Gasteiger charge is -2.15. The van der Waals surface area contributed by atoms with Gasteiger partial charge in [-0.1, -0.05) is 0 Å². The number of carbonyl (C=O) groups excluding carboxylic acids is 1. The first kappa shape index (κ1) is 12.7. The molecular formula is C9H18ClNO2. The Bertz CT molecular complexity index is 142. The summed E-state index contributed by atoms with van der Waals surface area (Å²) in [4.78, 5) is 12.9. The maximum atomic E-state index is 11.2. The molecule has 4 heteroatoms. The second kappa shape index (κ2) is 8.32. The summed E-state index contributed by atoms with van der Waals surface area (Å²) in [5.41, 5.74) is 0. The highest BCUT2D eigenvalue weighted by molar-refractivity contribution is 6.18. The predicted octanol–water partition coefficient (Wildman–Crippen LogP) is 1.24. The van der Waals surface area contributed by atoms with Crippen LogP contribution in [0.4, 0.5) is 0 Å². The van der Waals surface area contributed by atoms with Crippen LogP contribution in [0.15, 0.2) is 0 Å². The van der Waals surface area contributed by atoms with Gasteiger partial charge in [0.25, 0.3) is 0 Å². The van der Waals surface area contributed by atoms with Crippen molar-refractivity contribution in [1.29, 1.82) is 0 Å². The van der Waals surface area contributed by atoms with E-state index in [1.54, 1.807) is 11.9 Å². The van der Waals surface area contributed by atoms with Crippen LogP contribution in [0.5, 0.6) is 0 Å². The van der Waals surface area contributed by atoms with Crippen molar-refractivity contribution in [1.82, 2.24) is 4.90 Å². The molecule has 0 heterocycles. The lowest BCUT2D eigenvalue weighted by Crippen LogP contribution is -2.27. The molecule has 0 radical (unpaired) electrons. The standard InChI is InChI=1S/C9H18ClNO2/c1-11(9(13)5-6-10)7-3-2-4-8-12/h12H,2-8H2,1H3. The first-order chi connectivity index (χ1) is 6.22. The molecule has 0 spiro atoms. The van der Waals surface area contributed by atoms with E-state index in [1.165, 1.54) is 0 Å². The highest BCUT2D eigenvalue weighted by atomic mass is 35.5. The zero-order valence-electron chi connectivity index (χ0n) is 8.13. The molecule has 78 valence electrons. The van der Waals surface area contributed by atoms with Crippen molar-refractivity contribution >= 4 is 17.5 Å². The number of amides is 1. The molecule has 0 aromatic carbocycles. The molecule has 0 aliphatic carbocycles. The van der Waals surface area contributed by atoms with Crippen LogP contribution in [0.25, 0.3) is 0 Å². The summed E-state index contributed by atoms with van der Waals surface area (Å²) in [5.74, 6) is 0.485. The minimum absolute atomic E-state index is 0.0963. The van der Waals surface area contributed by atoms with E-state index in [4.69, 9.17) is 16.7 Å². The molecule has 0 bridgehead atoms. The number of aliphatic hydroxyl groups is 1. The average molecular weight is 208 g/mol. The highest BCUT2D eigenvalue weighted by Gasteiger charge is 2.06. The number of carbonyl (C=O) groups is 1. The van der Waals surface area contributed by atoms with Crippen molar-refractivity contribution in [3.63, 3.8) is 0 Å². The van der Waals surface area contributed by atoms with Crippen LogP contribution in [0, 0.1) is 0 Å². The summed E-state index contributed by atoms with van der Waals surface area (Å²) in [5, 5.41) is 8.53. The fourth-order valence-corrected chi connectivity index (χ4v) is 1.20. The quantitative estimate of drug-likeness (QED) is 0.504. The number of rotatable bonds is 7. The Morgan fingerprint density at radius 2 is 2.08 bits per heavy atom. The van der Waals surface area contributed by atoms with Gasteiger partial charge in [-0.2, -0.15) is 0 Å². The maximum Gasteiger partial charge on any atom is 0.223 e. The zero-order chi connectivity index (χ0) is 10.1. The number of unbranched alkanes of at least 4 members (excludes halogenated alkanes) is 2. The number of hydrogen-bond acceptors (Lipinski definition) is 2. The Balaban J connectivity index is 3.38. The van der Waals surface area contributed by atoms with Gasteiger partial charge in [0.1, 0.15) is 0 Å². The van der Waals surface area contributed by atoms with Crippen molar-refractivity contribution in [2.75, 3.05) is 26.1 Å². The SMILES string of the molecule is CN(CCCCCO)C(=O)CCCl. The van der Waals surface area contributed by atoms with Gasteiger partial charge in [0.15, 0.2) is 0 Å². The Hall–Kier alpha value is -0.280. The van der Waals surface area contributed by atoms with Crippen molar-refractivity contribution in [2.45, 2.75) is 25.7 Å². The van der Waals surface area contributed by atoms with Crippen LogP contribution in [0.2, 0.25) is 0 Å². The van der Waals surface area contributed by atoms with Crippen molar-refractivity contribution in [2.24, 2.45) is 0 Å². The Kier molecular flexibility index (Phi) is 8.14. The lowest BCUT2D eigenvalue weighted by atomic mass is 10.2. The first-order valence-electron chi connectivity index (χ1n) is 4.63. The fourth-order valence-electron chi connectivity index (χ4n) is 1.03. The Morgan fingerprint density at radius 3 is 2.62 bits per heavy atom. The van der Waals surface area contributed by atoms with Crippen LogP contribution < -0.4 is 0 Å². The number of alkyl halides is 1. The molecule has 0 fully saturated rings. The second-order valence-electron chi connectivity index (χ2n) is 3.04. The highest BCUT2D eigenvalue weighted by Crippen LogP contribution is 1.99. The van der Waals surface area contributed by atoms with Gasteiger partial charge in [0.05, 0.1) is 0 Å². The first-order valence-corrected chi connectivity index (χ1v) is 5.16. The third-order valence-electron chi connectivity index (χ3n) is 1.89. The summed E-state index contributed by atoms with van der Waals surface area (Å²) in [6.45, 7) is 0.995. The van der Waals surface area contributed by atoms with Gasteiger partial charge in [-0.3, -0.25) is 4.79 Å². The molecule has 0 atom stereocenters. The molecule has 3 nitrogen and oxygen atoms in total. The summed E-state index contributed by atoms with van der Waals surface area (Å²) < 4.78 is 0. The summed E-state index contributed by atoms with van der Waals surface area (Å²) >= 11 is 5.44. The van der Waals surface area contributed by atoms with Gasteiger partial charge in [-0.15, -0.1) is 11.6 Å². The average Bonchev–Trinajstić information content (AvgIpc) is 2.12. The fraction of sp³-hybridized carbons (Fsp3) is 0.889. The minimum Gasteiger partial charge on any atom is -0.396 e. The summed E-state index contributed by atoms with van der Waals surface area (Å²) in [7, 11) is 1.79. The largest absolute Gasteiger partial charge is 0.396 e. The van der Waals surface area contributed by atoms with E-state index in [2.05, 4.69) is 0 Å². The zero-order valence-corrected chi connectivity index (χ0v) is 8.89. The monoisotopic (exact) mass is 207 g/mol. The number of aliphatic hydroxyl groups excluding tert-OH is 1. The number of nitrogens with zero attached hydrogens (tertiary/aromatic N) is 1. The molecule has 1 N–H and O–H groups in total. The van der Waals surface area contributed by atoms with E-state index < -0.39 is 0 Å². The van der Waals surface area contributed by atoms with Crippen LogP contribution in [0.1, 0.15) is 25.7 Å². The molecule has 0 aliphatic heterocycles. The van der Waals surface area contributed by atoms with E-state index in [0.717, 1.165) is 25.8 Å². The normalized spacial score (nSPS) is 10.1. The van der Waals surface area contributed by atoms with E-state index in [0.29, 0.717) is 12.3 Å². The molecule has 0 aliphatic rings. The third-order valence-corrected chi connectivity index (χ3v) is 2.07. The smallest absolute Gasteiger partial charge is 0.223 e. The van der Waals surface area contributed by atoms with Crippen molar-refractivity contribution < 1.29 is 9.90 Å². The van der Waals surface area contributed by atoms with Crippen molar-refractivity contribution in [3.8, 4) is 0 Å². The Morgan fingerprint density at radius 1 is 1.38 bits per heavy atom. The third kappa shape index (κ3) is 6.84. The van der Waals surface area contributed by atoms with Crippen LogP contribution in [-0.4, -0.2) is 42.0 Å². The van der Waals surface area contributed by atoms with Gasteiger partial charge in [-0.25, -0.2) is 0 Å².